The van der Waals surface area contributed by atoms with Crippen molar-refractivity contribution in [3.8, 4) is 5.75 Å². The molecule has 0 aliphatic heterocycles. The zero-order chi connectivity index (χ0) is 21.3. The summed E-state index contributed by atoms with van der Waals surface area (Å²) in [7, 11) is 1.81. The lowest BCUT2D eigenvalue weighted by molar-refractivity contribution is 0.281. The SMILES string of the molecule is CN=C(NCc1ccc(CS(=O)(=O)NC)cc1)N(C)CCOc1ccc(Cl)cc1.I. The van der Waals surface area contributed by atoms with Gasteiger partial charge in [-0.2, -0.15) is 0 Å². The molecule has 0 amide bonds. The number of hydrogen-bond acceptors (Lipinski definition) is 4. The summed E-state index contributed by atoms with van der Waals surface area (Å²) >= 11 is 5.87. The fraction of sp³-hybridized carbons (Fsp3) is 0.350. The second-order valence-electron chi connectivity index (χ2n) is 6.40. The third kappa shape index (κ3) is 9.07. The van der Waals surface area contributed by atoms with Gasteiger partial charge in [0.25, 0.3) is 0 Å². The van der Waals surface area contributed by atoms with E-state index < -0.39 is 10.0 Å². The smallest absolute Gasteiger partial charge is 0.215 e. The molecule has 2 rings (SSSR count). The normalized spacial score (nSPS) is 11.5. The highest BCUT2D eigenvalue weighted by atomic mass is 127. The van der Waals surface area contributed by atoms with Crippen LogP contribution >= 0.6 is 35.6 Å². The van der Waals surface area contributed by atoms with E-state index in [1.807, 2.05) is 48.3 Å². The zero-order valence-electron chi connectivity index (χ0n) is 17.3. The Labute approximate surface area is 200 Å². The average Bonchev–Trinajstić information content (AvgIpc) is 2.71. The number of rotatable bonds is 9. The van der Waals surface area contributed by atoms with Crippen LogP contribution in [-0.4, -0.2) is 53.6 Å². The molecule has 0 aliphatic rings. The minimum Gasteiger partial charge on any atom is -0.492 e. The summed E-state index contributed by atoms with van der Waals surface area (Å²) in [6.07, 6.45) is 0. The highest BCUT2D eigenvalue weighted by Crippen LogP contribution is 2.15. The summed E-state index contributed by atoms with van der Waals surface area (Å²) < 4.78 is 31.3. The van der Waals surface area contributed by atoms with Crippen molar-refractivity contribution < 1.29 is 13.2 Å². The first kappa shape index (κ1) is 26.5. The minimum atomic E-state index is -3.27. The molecule has 0 bridgehead atoms. The molecule has 0 unspecified atom stereocenters. The number of ether oxygens (including phenoxy) is 1. The molecule has 2 aromatic carbocycles. The summed E-state index contributed by atoms with van der Waals surface area (Å²) in [5, 5.41) is 3.97. The van der Waals surface area contributed by atoms with Crippen LogP contribution in [0.4, 0.5) is 0 Å². The number of sulfonamides is 1. The van der Waals surface area contributed by atoms with Gasteiger partial charge in [-0.1, -0.05) is 35.9 Å². The van der Waals surface area contributed by atoms with Crippen LogP contribution in [0.15, 0.2) is 53.5 Å². The quantitative estimate of drug-likeness (QED) is 0.277. The number of guanidine groups is 1. The lowest BCUT2D eigenvalue weighted by Crippen LogP contribution is -2.40. The highest BCUT2D eigenvalue weighted by molar-refractivity contribution is 14.0. The molecule has 0 spiro atoms. The summed E-state index contributed by atoms with van der Waals surface area (Å²) in [6, 6.07) is 14.7. The predicted octanol–water partition coefficient (Wildman–Crippen LogP) is 3.09. The van der Waals surface area contributed by atoms with Crippen molar-refractivity contribution >= 4 is 51.6 Å². The van der Waals surface area contributed by atoms with Gasteiger partial charge in [0, 0.05) is 25.7 Å². The second kappa shape index (κ2) is 13.0. The van der Waals surface area contributed by atoms with E-state index in [0.29, 0.717) is 24.7 Å². The Morgan fingerprint density at radius 2 is 1.70 bits per heavy atom. The molecule has 2 N–H and O–H groups in total. The zero-order valence-corrected chi connectivity index (χ0v) is 21.2. The van der Waals surface area contributed by atoms with Crippen molar-refractivity contribution in [3.63, 3.8) is 0 Å². The Balaban J connectivity index is 0.00000450. The third-order valence-electron chi connectivity index (χ3n) is 4.22. The van der Waals surface area contributed by atoms with Gasteiger partial charge in [0.05, 0.1) is 12.3 Å². The first-order valence-electron chi connectivity index (χ1n) is 9.12. The molecule has 0 saturated heterocycles. The number of hydrogen-bond donors (Lipinski definition) is 2. The van der Waals surface area contributed by atoms with Crippen molar-refractivity contribution in [2.45, 2.75) is 12.3 Å². The summed E-state index contributed by atoms with van der Waals surface area (Å²) in [5.41, 5.74) is 1.77. The number of likely N-dealkylation sites (N-methyl/N-ethyl adjacent to an activating group) is 1. The molecule has 0 heterocycles. The van der Waals surface area contributed by atoms with Crippen LogP contribution < -0.4 is 14.8 Å². The maximum absolute atomic E-state index is 11.6. The maximum atomic E-state index is 11.6. The molecule has 0 aliphatic carbocycles. The van der Waals surface area contributed by atoms with Gasteiger partial charge in [0.2, 0.25) is 10.0 Å². The molecular formula is C20H28ClIN4O3S. The molecule has 0 atom stereocenters. The van der Waals surface area contributed by atoms with Crippen molar-refractivity contribution in [1.82, 2.24) is 14.9 Å². The topological polar surface area (TPSA) is 83.0 Å². The van der Waals surface area contributed by atoms with E-state index in [2.05, 4.69) is 15.0 Å². The molecule has 0 radical (unpaired) electrons. The van der Waals surface area contributed by atoms with Crippen LogP contribution in [0, 0.1) is 0 Å². The molecule has 166 valence electrons. The van der Waals surface area contributed by atoms with Gasteiger partial charge in [-0.15, -0.1) is 24.0 Å². The third-order valence-corrected chi connectivity index (χ3v) is 5.81. The summed E-state index contributed by atoms with van der Waals surface area (Å²) in [6.45, 7) is 1.74. The number of nitrogens with one attached hydrogen (secondary N) is 2. The summed E-state index contributed by atoms with van der Waals surface area (Å²) in [4.78, 5) is 6.26. The second-order valence-corrected chi connectivity index (χ2v) is 8.77. The lowest BCUT2D eigenvalue weighted by atomic mass is 10.1. The molecule has 0 saturated carbocycles. The predicted molar refractivity (Wildman–Crippen MR) is 133 cm³/mol. The molecule has 7 nitrogen and oxygen atoms in total. The number of benzene rings is 2. The molecule has 0 fully saturated rings. The van der Waals surface area contributed by atoms with Gasteiger partial charge in [0.15, 0.2) is 5.96 Å². The Hall–Kier alpha value is -1.56. The van der Waals surface area contributed by atoms with E-state index in [4.69, 9.17) is 16.3 Å². The average molecular weight is 567 g/mol. The van der Waals surface area contributed by atoms with E-state index in [1.165, 1.54) is 7.05 Å². The van der Waals surface area contributed by atoms with E-state index in [0.717, 1.165) is 22.8 Å². The van der Waals surface area contributed by atoms with Crippen LogP contribution in [0.2, 0.25) is 5.02 Å². The Bertz CT molecular complexity index is 907. The van der Waals surface area contributed by atoms with Gasteiger partial charge in [-0.3, -0.25) is 4.99 Å². The van der Waals surface area contributed by atoms with Gasteiger partial charge < -0.3 is 15.0 Å². The van der Waals surface area contributed by atoms with Crippen LogP contribution in [-0.2, 0) is 22.3 Å². The largest absolute Gasteiger partial charge is 0.492 e. The number of halogens is 2. The van der Waals surface area contributed by atoms with E-state index >= 15 is 0 Å². The van der Waals surface area contributed by atoms with Crippen molar-refractivity contribution in [3.05, 3.63) is 64.7 Å². The lowest BCUT2D eigenvalue weighted by Gasteiger charge is -2.22. The number of nitrogens with zero attached hydrogens (tertiary/aromatic N) is 2. The molecule has 10 heteroatoms. The number of aliphatic imine (C=N–C) groups is 1. The monoisotopic (exact) mass is 566 g/mol. The van der Waals surface area contributed by atoms with Gasteiger partial charge in [0.1, 0.15) is 12.4 Å². The Morgan fingerprint density at radius 3 is 2.27 bits per heavy atom. The van der Waals surface area contributed by atoms with Crippen LogP contribution in [0.1, 0.15) is 11.1 Å². The van der Waals surface area contributed by atoms with E-state index in [1.54, 1.807) is 19.2 Å². The van der Waals surface area contributed by atoms with Crippen LogP contribution in [0.25, 0.3) is 0 Å². The standard InChI is InChI=1S/C20H27ClN4O3S.HI/c1-22-20(25(3)12-13-28-19-10-8-18(21)9-11-19)24-14-16-4-6-17(7-5-16)15-29(26,27)23-2;/h4-11,23H,12-15H2,1-3H3,(H,22,24);1H. The molecule has 2 aromatic rings. The minimum absolute atomic E-state index is 0. The van der Waals surface area contributed by atoms with Crippen LogP contribution in [0.5, 0.6) is 5.75 Å². The van der Waals surface area contributed by atoms with Crippen LogP contribution in [0.3, 0.4) is 0 Å². The fourth-order valence-corrected chi connectivity index (χ4v) is 3.45. The van der Waals surface area contributed by atoms with Crippen molar-refractivity contribution in [2.75, 3.05) is 34.3 Å². The van der Waals surface area contributed by atoms with E-state index in [9.17, 15) is 8.42 Å². The molecule has 30 heavy (non-hydrogen) atoms. The Morgan fingerprint density at radius 1 is 1.10 bits per heavy atom. The first-order chi connectivity index (χ1) is 13.8. The van der Waals surface area contributed by atoms with Gasteiger partial charge in [-0.05, 0) is 42.4 Å². The summed E-state index contributed by atoms with van der Waals surface area (Å²) in [5.74, 6) is 1.48. The van der Waals surface area contributed by atoms with Crippen molar-refractivity contribution in [1.29, 1.82) is 0 Å². The molecular weight excluding hydrogens is 539 g/mol. The fourth-order valence-electron chi connectivity index (χ4n) is 2.55. The van der Waals surface area contributed by atoms with Gasteiger partial charge >= 0.3 is 0 Å². The first-order valence-corrected chi connectivity index (χ1v) is 11.1. The van der Waals surface area contributed by atoms with Crippen molar-refractivity contribution in [2.24, 2.45) is 4.99 Å². The highest BCUT2D eigenvalue weighted by Gasteiger charge is 2.09. The maximum Gasteiger partial charge on any atom is 0.215 e. The Kier molecular flexibility index (Phi) is 11.5. The van der Waals surface area contributed by atoms with Gasteiger partial charge in [-0.25, -0.2) is 13.1 Å². The molecule has 0 aromatic heterocycles. The van der Waals surface area contributed by atoms with E-state index in [-0.39, 0.29) is 29.7 Å².